The van der Waals surface area contributed by atoms with Gasteiger partial charge in [0, 0.05) is 10.6 Å². The number of nitrogen functional groups attached to an aromatic ring is 1. The molecule has 90 valence electrons. The number of imidazole rings is 1. The minimum atomic E-state index is 0.159. The van der Waals surface area contributed by atoms with Crippen molar-refractivity contribution in [3.8, 4) is 11.4 Å². The summed E-state index contributed by atoms with van der Waals surface area (Å²) in [4.78, 5) is 8.15. The summed E-state index contributed by atoms with van der Waals surface area (Å²) in [6.45, 7) is 0. The Labute approximate surface area is 112 Å². The number of benzene rings is 1. The molecule has 2 aromatic heterocycles. The van der Waals surface area contributed by atoms with Crippen LogP contribution in [0.25, 0.3) is 16.9 Å². The van der Waals surface area contributed by atoms with Gasteiger partial charge in [-0.3, -0.25) is 0 Å². The van der Waals surface area contributed by atoms with Crippen molar-refractivity contribution in [2.45, 2.75) is 0 Å². The van der Waals surface area contributed by atoms with Crippen molar-refractivity contribution in [3.63, 3.8) is 0 Å². The molecule has 0 saturated carbocycles. The number of rotatable bonds is 1. The van der Waals surface area contributed by atoms with Crippen LogP contribution in [0.5, 0.6) is 0 Å². The van der Waals surface area contributed by atoms with Gasteiger partial charge in [-0.2, -0.15) is 0 Å². The zero-order chi connectivity index (χ0) is 12.7. The number of fused-ring (bicyclic) bond motifs is 1. The molecule has 1 aromatic carbocycles. The van der Waals surface area contributed by atoms with Gasteiger partial charge in [-0.25, -0.2) is 14.5 Å². The molecule has 18 heavy (non-hydrogen) atoms. The van der Waals surface area contributed by atoms with Gasteiger partial charge in [0.05, 0.1) is 6.20 Å². The zero-order valence-electron chi connectivity index (χ0n) is 9.01. The van der Waals surface area contributed by atoms with E-state index < -0.39 is 0 Å². The van der Waals surface area contributed by atoms with Gasteiger partial charge in [0.15, 0.2) is 11.0 Å². The van der Waals surface area contributed by atoms with Gasteiger partial charge in [-0.1, -0.05) is 23.2 Å². The lowest BCUT2D eigenvalue weighted by molar-refractivity contribution is 0.914. The van der Waals surface area contributed by atoms with E-state index in [1.165, 1.54) is 6.20 Å². The molecule has 0 aliphatic heterocycles. The number of nitrogens with two attached hydrogens (primary N) is 1. The molecular formula is C11H7Cl2N5. The lowest BCUT2D eigenvalue weighted by atomic mass is 10.2. The van der Waals surface area contributed by atoms with Crippen LogP contribution in [0.2, 0.25) is 10.2 Å². The highest BCUT2D eigenvalue weighted by atomic mass is 35.5. The number of anilines is 1. The Morgan fingerprint density at radius 1 is 1.11 bits per heavy atom. The first kappa shape index (κ1) is 11.3. The van der Waals surface area contributed by atoms with Crippen LogP contribution in [0, 0.1) is 0 Å². The second-order valence-electron chi connectivity index (χ2n) is 3.65. The van der Waals surface area contributed by atoms with E-state index in [4.69, 9.17) is 28.9 Å². The fourth-order valence-corrected chi connectivity index (χ4v) is 1.98. The quantitative estimate of drug-likeness (QED) is 0.744. The molecule has 2 N–H and O–H groups in total. The van der Waals surface area contributed by atoms with Crippen LogP contribution >= 0.6 is 23.2 Å². The smallest absolute Gasteiger partial charge is 0.238 e. The number of nitrogens with zero attached hydrogens (tertiary/aromatic N) is 4. The second-order valence-corrected chi connectivity index (χ2v) is 4.44. The SMILES string of the molecule is Nc1ncc2c(Cl)nc(-c3ccc(Cl)cc3)n2n1. The molecule has 0 amide bonds. The average molecular weight is 280 g/mol. The highest BCUT2D eigenvalue weighted by Gasteiger charge is 2.13. The molecule has 0 atom stereocenters. The molecule has 0 bridgehead atoms. The van der Waals surface area contributed by atoms with E-state index in [2.05, 4.69) is 15.1 Å². The summed E-state index contributed by atoms with van der Waals surface area (Å²) in [5.74, 6) is 0.757. The molecule has 0 unspecified atom stereocenters. The van der Waals surface area contributed by atoms with Crippen LogP contribution in [0.15, 0.2) is 30.5 Å². The van der Waals surface area contributed by atoms with Gasteiger partial charge in [-0.05, 0) is 24.3 Å². The third-order valence-electron chi connectivity index (χ3n) is 2.47. The predicted octanol–water partition coefficient (Wildman–Crippen LogP) is 2.68. The molecule has 0 saturated heterocycles. The van der Waals surface area contributed by atoms with E-state index >= 15 is 0 Å². The normalized spacial score (nSPS) is 11.0. The van der Waals surface area contributed by atoms with E-state index in [0.717, 1.165) is 5.56 Å². The monoisotopic (exact) mass is 279 g/mol. The predicted molar refractivity (Wildman–Crippen MR) is 70.7 cm³/mol. The van der Waals surface area contributed by atoms with E-state index in [1.54, 1.807) is 16.6 Å². The summed E-state index contributed by atoms with van der Waals surface area (Å²) in [6.07, 6.45) is 1.54. The number of hydrogen-bond acceptors (Lipinski definition) is 4. The largest absolute Gasteiger partial charge is 0.367 e. The average Bonchev–Trinajstić information content (AvgIpc) is 2.67. The van der Waals surface area contributed by atoms with Gasteiger partial charge in [-0.15, -0.1) is 5.10 Å². The molecule has 0 radical (unpaired) electrons. The zero-order valence-corrected chi connectivity index (χ0v) is 10.5. The maximum Gasteiger partial charge on any atom is 0.238 e. The fraction of sp³-hybridized carbons (Fsp3) is 0. The summed E-state index contributed by atoms with van der Waals surface area (Å²) >= 11 is 11.9. The fourth-order valence-electron chi connectivity index (χ4n) is 1.65. The maximum absolute atomic E-state index is 6.03. The van der Waals surface area contributed by atoms with Crippen molar-refractivity contribution in [2.24, 2.45) is 0 Å². The van der Waals surface area contributed by atoms with Crippen LogP contribution in [0.4, 0.5) is 5.95 Å². The maximum atomic E-state index is 6.03. The minimum Gasteiger partial charge on any atom is -0.367 e. The van der Waals surface area contributed by atoms with E-state index in [1.807, 2.05) is 12.1 Å². The van der Waals surface area contributed by atoms with Crippen molar-refractivity contribution in [2.75, 3.05) is 5.73 Å². The molecule has 2 heterocycles. The third-order valence-corrected chi connectivity index (χ3v) is 3.00. The molecule has 0 aliphatic carbocycles. The lowest BCUT2D eigenvalue weighted by Crippen LogP contribution is -2.01. The van der Waals surface area contributed by atoms with Crippen molar-refractivity contribution >= 4 is 34.7 Å². The molecule has 3 rings (SSSR count). The Bertz CT molecular complexity index is 720. The van der Waals surface area contributed by atoms with Gasteiger partial charge in [0.1, 0.15) is 5.52 Å². The molecular weight excluding hydrogens is 273 g/mol. The van der Waals surface area contributed by atoms with Crippen molar-refractivity contribution in [1.29, 1.82) is 0 Å². The van der Waals surface area contributed by atoms with Crippen LogP contribution in [-0.2, 0) is 0 Å². The van der Waals surface area contributed by atoms with Crippen molar-refractivity contribution in [3.05, 3.63) is 40.6 Å². The lowest BCUT2D eigenvalue weighted by Gasteiger charge is -2.00. The summed E-state index contributed by atoms with van der Waals surface area (Å²) in [5, 5.41) is 5.08. The summed E-state index contributed by atoms with van der Waals surface area (Å²) in [7, 11) is 0. The van der Waals surface area contributed by atoms with Gasteiger partial charge < -0.3 is 5.73 Å². The summed E-state index contributed by atoms with van der Waals surface area (Å²) < 4.78 is 1.56. The Kier molecular flexibility index (Phi) is 2.57. The molecule has 7 heteroatoms. The van der Waals surface area contributed by atoms with Crippen LogP contribution in [-0.4, -0.2) is 19.6 Å². The van der Waals surface area contributed by atoms with E-state index in [-0.39, 0.29) is 5.95 Å². The molecule has 3 aromatic rings. The number of halogens is 2. The first-order chi connectivity index (χ1) is 8.65. The van der Waals surface area contributed by atoms with Gasteiger partial charge >= 0.3 is 0 Å². The highest BCUT2D eigenvalue weighted by Crippen LogP contribution is 2.25. The third kappa shape index (κ3) is 1.77. The van der Waals surface area contributed by atoms with Crippen molar-refractivity contribution in [1.82, 2.24) is 19.6 Å². The Morgan fingerprint density at radius 3 is 2.56 bits per heavy atom. The number of aromatic nitrogens is 4. The second kappa shape index (κ2) is 4.12. The topological polar surface area (TPSA) is 69.1 Å². The Balaban J connectivity index is 2.28. The minimum absolute atomic E-state index is 0.159. The van der Waals surface area contributed by atoms with Gasteiger partial charge in [0.2, 0.25) is 5.95 Å². The van der Waals surface area contributed by atoms with Crippen LogP contribution in [0.1, 0.15) is 0 Å². The van der Waals surface area contributed by atoms with Gasteiger partial charge in [0.25, 0.3) is 0 Å². The summed E-state index contributed by atoms with van der Waals surface area (Å²) in [6, 6.07) is 7.23. The molecule has 0 spiro atoms. The Morgan fingerprint density at radius 2 is 1.83 bits per heavy atom. The molecule has 5 nitrogen and oxygen atoms in total. The standard InChI is InChI=1S/C11H7Cl2N5/c12-7-3-1-6(2-4-7)10-16-9(13)8-5-15-11(14)17-18(8)10/h1-5H,(H2,14,17). The van der Waals surface area contributed by atoms with E-state index in [9.17, 15) is 0 Å². The van der Waals surface area contributed by atoms with Crippen molar-refractivity contribution < 1.29 is 0 Å². The molecule has 0 fully saturated rings. The molecule has 0 aliphatic rings. The Hall–Kier alpha value is -1.85. The van der Waals surface area contributed by atoms with E-state index in [0.29, 0.717) is 21.5 Å². The van der Waals surface area contributed by atoms with Crippen LogP contribution in [0.3, 0.4) is 0 Å². The first-order valence-corrected chi connectivity index (χ1v) is 5.83. The first-order valence-electron chi connectivity index (χ1n) is 5.08. The highest BCUT2D eigenvalue weighted by molar-refractivity contribution is 6.32. The number of hydrogen-bond donors (Lipinski definition) is 1. The van der Waals surface area contributed by atoms with Crippen LogP contribution < -0.4 is 5.73 Å². The summed E-state index contributed by atoms with van der Waals surface area (Å²) in [5.41, 5.74) is 7.02.